The van der Waals surface area contributed by atoms with Crippen molar-refractivity contribution < 1.29 is 4.42 Å². The lowest BCUT2D eigenvalue weighted by Crippen LogP contribution is -1.94. The van der Waals surface area contributed by atoms with E-state index in [4.69, 9.17) is 4.42 Å². The highest BCUT2D eigenvalue weighted by Crippen LogP contribution is 2.46. The molecule has 8 aromatic carbocycles. The summed E-state index contributed by atoms with van der Waals surface area (Å²) in [7, 11) is 0. The predicted molar refractivity (Wildman–Crippen MR) is 220 cm³/mol. The summed E-state index contributed by atoms with van der Waals surface area (Å²) in [5, 5.41) is 12.6. The van der Waals surface area contributed by atoms with E-state index in [0.717, 1.165) is 33.2 Å². The van der Waals surface area contributed by atoms with Gasteiger partial charge in [-0.2, -0.15) is 0 Å². The van der Waals surface area contributed by atoms with E-state index in [9.17, 15) is 0 Å². The molecule has 0 aliphatic rings. The standard InChI is InChI=1S/C40H23NO.C4H8.2C2H6/c1-2-11-27(12-3-1)41-34-17-8-14-29(31-16-7-15-30-28-13-4-5-18-35(28)42-40(30)31)38(34)33-23-26-20-19-24-9-6-10-25-21-22-32(39(33)41)37(26)36(24)25;1-3-4-2;2*1-2/h1-23H;3-4H,1-2H3;2*1-2H3/b;4-3-;;. The number of benzene rings is 8. The van der Waals surface area contributed by atoms with Gasteiger partial charge in [0.1, 0.15) is 11.2 Å². The minimum Gasteiger partial charge on any atom is -0.455 e. The average molecular weight is 650 g/mol. The zero-order chi connectivity index (χ0) is 34.8. The molecule has 0 spiro atoms. The molecular formula is C48H43NO. The molecule has 2 aromatic heterocycles. The van der Waals surface area contributed by atoms with Crippen LogP contribution in [0.4, 0.5) is 0 Å². The second-order valence-corrected chi connectivity index (χ2v) is 11.9. The summed E-state index contributed by atoms with van der Waals surface area (Å²) in [6.07, 6.45) is 4.00. The molecule has 0 N–H and O–H groups in total. The summed E-state index contributed by atoms with van der Waals surface area (Å²) in [5.74, 6) is 0. The summed E-state index contributed by atoms with van der Waals surface area (Å²) in [6.45, 7) is 12.0. The largest absolute Gasteiger partial charge is 0.455 e. The van der Waals surface area contributed by atoms with Crippen molar-refractivity contribution in [2.24, 2.45) is 0 Å². The first-order valence-corrected chi connectivity index (χ1v) is 17.9. The Kier molecular flexibility index (Phi) is 9.11. The van der Waals surface area contributed by atoms with Gasteiger partial charge in [0.05, 0.1) is 11.0 Å². The van der Waals surface area contributed by atoms with Crippen molar-refractivity contribution in [1.82, 2.24) is 4.57 Å². The van der Waals surface area contributed by atoms with E-state index < -0.39 is 0 Å². The number of hydrogen-bond acceptors (Lipinski definition) is 1. The fourth-order valence-electron chi connectivity index (χ4n) is 7.39. The van der Waals surface area contributed by atoms with Crippen LogP contribution in [-0.4, -0.2) is 4.57 Å². The zero-order valence-electron chi connectivity index (χ0n) is 29.8. The molecule has 0 atom stereocenters. The Hall–Kier alpha value is -5.86. The van der Waals surface area contributed by atoms with Crippen molar-refractivity contribution in [3.8, 4) is 16.8 Å². The van der Waals surface area contributed by atoms with Crippen LogP contribution < -0.4 is 0 Å². The molecule has 0 radical (unpaired) electrons. The van der Waals surface area contributed by atoms with Gasteiger partial charge in [-0.1, -0.05) is 149 Å². The van der Waals surface area contributed by atoms with Crippen molar-refractivity contribution in [1.29, 1.82) is 0 Å². The molecule has 0 saturated carbocycles. The summed E-state index contributed by atoms with van der Waals surface area (Å²) in [6, 6.07) is 50.5. The highest BCUT2D eigenvalue weighted by Gasteiger charge is 2.22. The van der Waals surface area contributed by atoms with Crippen LogP contribution in [-0.2, 0) is 0 Å². The van der Waals surface area contributed by atoms with Crippen molar-refractivity contribution in [2.75, 3.05) is 0 Å². The summed E-state index contributed by atoms with van der Waals surface area (Å²) >= 11 is 0. The first-order valence-electron chi connectivity index (χ1n) is 17.9. The van der Waals surface area contributed by atoms with Gasteiger partial charge in [-0.3, -0.25) is 0 Å². The van der Waals surface area contributed by atoms with Crippen LogP contribution in [0.25, 0.3) is 92.9 Å². The van der Waals surface area contributed by atoms with Gasteiger partial charge < -0.3 is 8.98 Å². The lowest BCUT2D eigenvalue weighted by molar-refractivity contribution is 0.670. The van der Waals surface area contributed by atoms with Crippen molar-refractivity contribution in [3.63, 3.8) is 0 Å². The number of para-hydroxylation sites is 3. The summed E-state index contributed by atoms with van der Waals surface area (Å²) in [5.41, 5.74) is 7.75. The van der Waals surface area contributed by atoms with E-state index in [1.165, 1.54) is 59.7 Å². The number of allylic oxidation sites excluding steroid dienone is 2. The van der Waals surface area contributed by atoms with Crippen LogP contribution in [0.3, 0.4) is 0 Å². The molecule has 2 nitrogen and oxygen atoms in total. The van der Waals surface area contributed by atoms with Gasteiger partial charge in [0.15, 0.2) is 0 Å². The van der Waals surface area contributed by atoms with E-state index in [1.54, 1.807) is 0 Å². The molecule has 10 aromatic rings. The number of hydrogen-bond donors (Lipinski definition) is 0. The maximum atomic E-state index is 6.54. The quantitative estimate of drug-likeness (QED) is 0.135. The Labute approximate surface area is 294 Å². The third kappa shape index (κ3) is 5.11. The lowest BCUT2D eigenvalue weighted by atomic mass is 9.91. The minimum absolute atomic E-state index is 0.919. The molecule has 0 fully saturated rings. The van der Waals surface area contributed by atoms with E-state index in [1.807, 2.05) is 59.8 Å². The van der Waals surface area contributed by atoms with Gasteiger partial charge in [-0.05, 0) is 76.7 Å². The third-order valence-electron chi connectivity index (χ3n) is 9.44. The second-order valence-electron chi connectivity index (χ2n) is 11.9. The monoisotopic (exact) mass is 649 g/mol. The van der Waals surface area contributed by atoms with Crippen LogP contribution in [0.5, 0.6) is 0 Å². The summed E-state index contributed by atoms with van der Waals surface area (Å²) in [4.78, 5) is 0. The SMILES string of the molecule is C/C=C\C.CC.CC.c1ccc(-n2c3cccc(-c4cccc5c4oc4ccccc45)c3c3cc4ccc5cccc6ccc(c4c56)c32)cc1. The molecule has 0 unspecified atom stereocenters. The Bertz CT molecular complexity index is 2740. The third-order valence-corrected chi connectivity index (χ3v) is 9.44. The van der Waals surface area contributed by atoms with E-state index in [2.05, 4.69) is 138 Å². The number of fused-ring (bicyclic) bond motifs is 7. The molecule has 50 heavy (non-hydrogen) atoms. The highest BCUT2D eigenvalue weighted by atomic mass is 16.3. The fourth-order valence-corrected chi connectivity index (χ4v) is 7.39. The van der Waals surface area contributed by atoms with Crippen LogP contribution >= 0.6 is 0 Å². The van der Waals surface area contributed by atoms with Crippen molar-refractivity contribution in [3.05, 3.63) is 152 Å². The van der Waals surface area contributed by atoms with Crippen molar-refractivity contribution in [2.45, 2.75) is 41.5 Å². The number of furan rings is 1. The lowest BCUT2D eigenvalue weighted by Gasteiger charge is -2.14. The van der Waals surface area contributed by atoms with Gasteiger partial charge in [0, 0.05) is 38.2 Å². The molecule has 10 rings (SSSR count). The Morgan fingerprint density at radius 1 is 0.460 bits per heavy atom. The maximum absolute atomic E-state index is 6.54. The molecule has 246 valence electrons. The molecule has 2 heteroatoms. The molecule has 2 heterocycles. The van der Waals surface area contributed by atoms with Crippen LogP contribution in [0.15, 0.2) is 156 Å². The van der Waals surface area contributed by atoms with E-state index in [-0.39, 0.29) is 0 Å². The molecule has 0 bridgehead atoms. The van der Waals surface area contributed by atoms with E-state index in [0.29, 0.717) is 0 Å². The number of rotatable bonds is 2. The number of aromatic nitrogens is 1. The van der Waals surface area contributed by atoms with Crippen LogP contribution in [0.1, 0.15) is 41.5 Å². The van der Waals surface area contributed by atoms with Gasteiger partial charge in [0.2, 0.25) is 0 Å². The first kappa shape index (κ1) is 32.7. The predicted octanol–water partition coefficient (Wildman–Crippen LogP) is 14.9. The Balaban J connectivity index is 0.000000454. The summed E-state index contributed by atoms with van der Waals surface area (Å²) < 4.78 is 9.00. The van der Waals surface area contributed by atoms with E-state index >= 15 is 0 Å². The van der Waals surface area contributed by atoms with Gasteiger partial charge in [-0.15, -0.1) is 0 Å². The highest BCUT2D eigenvalue weighted by molar-refractivity contribution is 6.33. The van der Waals surface area contributed by atoms with Crippen LogP contribution in [0, 0.1) is 0 Å². The molecule has 0 aliphatic heterocycles. The van der Waals surface area contributed by atoms with Gasteiger partial charge in [-0.25, -0.2) is 0 Å². The second kappa shape index (κ2) is 13.9. The van der Waals surface area contributed by atoms with Gasteiger partial charge in [0.25, 0.3) is 0 Å². The Morgan fingerprint density at radius 3 is 1.84 bits per heavy atom. The molecule has 0 amide bonds. The fraction of sp³-hybridized carbons (Fsp3) is 0.125. The number of nitrogens with zero attached hydrogens (tertiary/aromatic N) is 1. The Morgan fingerprint density at radius 2 is 1.08 bits per heavy atom. The molecular weight excluding hydrogens is 607 g/mol. The smallest absolute Gasteiger partial charge is 0.143 e. The maximum Gasteiger partial charge on any atom is 0.143 e. The normalized spacial score (nSPS) is 11.3. The van der Waals surface area contributed by atoms with Crippen LogP contribution in [0.2, 0.25) is 0 Å². The first-order chi connectivity index (χ1) is 24.8. The average Bonchev–Trinajstić information content (AvgIpc) is 3.75. The molecule has 0 saturated heterocycles. The zero-order valence-corrected chi connectivity index (χ0v) is 29.8. The van der Waals surface area contributed by atoms with Crippen molar-refractivity contribution >= 4 is 76.1 Å². The minimum atomic E-state index is 0.919. The molecule has 0 aliphatic carbocycles. The van der Waals surface area contributed by atoms with Gasteiger partial charge >= 0.3 is 0 Å². The topological polar surface area (TPSA) is 18.1 Å².